The number of nitrogens with one attached hydrogen (secondary N) is 1. The summed E-state index contributed by atoms with van der Waals surface area (Å²) in [6.45, 7) is 11.0. The van der Waals surface area contributed by atoms with Gasteiger partial charge in [-0.3, -0.25) is 19.7 Å². The molecule has 1 saturated heterocycles. The van der Waals surface area contributed by atoms with Gasteiger partial charge in [0.25, 0.3) is 0 Å². The first-order valence-corrected chi connectivity index (χ1v) is 16.1. The molecule has 41 heavy (non-hydrogen) atoms. The maximum absolute atomic E-state index is 12.8. The van der Waals surface area contributed by atoms with Gasteiger partial charge in [-0.2, -0.15) is 0 Å². The van der Waals surface area contributed by atoms with Crippen LogP contribution in [0.3, 0.4) is 0 Å². The second-order valence-electron chi connectivity index (χ2n) is 10.9. The fourth-order valence-electron chi connectivity index (χ4n) is 3.99. The number of hydrogen-bond donors (Lipinski definition) is 2. The van der Waals surface area contributed by atoms with Crippen LogP contribution in [0.25, 0.3) is 0 Å². The molecule has 1 heterocycles. The first kappa shape index (κ1) is 34.2. The fourth-order valence-corrected chi connectivity index (χ4v) is 4.73. The number of rotatable bonds is 12. The lowest BCUT2D eigenvalue weighted by Gasteiger charge is -2.43. The minimum Gasteiger partial charge on any atom is -0.456 e. The lowest BCUT2D eigenvalue weighted by Crippen LogP contribution is -2.63. The van der Waals surface area contributed by atoms with Gasteiger partial charge in [-0.05, 0) is 48.7 Å². The smallest absolute Gasteiger partial charge is 0.414 e. The zero-order valence-corrected chi connectivity index (χ0v) is 25.8. The van der Waals surface area contributed by atoms with Gasteiger partial charge in [0.15, 0.2) is 20.5 Å². The Morgan fingerprint density at radius 3 is 1.95 bits per heavy atom. The Bertz CT molecular complexity index is 1060. The first-order chi connectivity index (χ1) is 19.0. The molecule has 1 aliphatic heterocycles. The van der Waals surface area contributed by atoms with Gasteiger partial charge < -0.3 is 28.5 Å². The van der Waals surface area contributed by atoms with E-state index in [9.17, 15) is 24.0 Å². The summed E-state index contributed by atoms with van der Waals surface area (Å²) in [7, 11) is -1.08. The van der Waals surface area contributed by atoms with Gasteiger partial charge in [0.1, 0.15) is 12.7 Å². The van der Waals surface area contributed by atoms with E-state index in [-0.39, 0.29) is 11.6 Å². The molecule has 1 aromatic rings. The Kier molecular flexibility index (Phi) is 12.3. The van der Waals surface area contributed by atoms with E-state index in [1.807, 2.05) is 25.2 Å². The van der Waals surface area contributed by atoms with Crippen LogP contribution >= 0.6 is 0 Å². The Balaban J connectivity index is 2.20. The average molecular weight is 600 g/mol. The van der Waals surface area contributed by atoms with E-state index >= 15 is 0 Å². The van der Waals surface area contributed by atoms with Crippen LogP contribution < -0.4 is 5.32 Å². The fraction of sp³-hybridized carbons (Fsp3) is 0.630. The molecule has 5 atom stereocenters. The number of carbonyl (C=O) groups excluding carboxylic acids is 4. The van der Waals surface area contributed by atoms with Crippen LogP contribution in [-0.2, 0) is 54.3 Å². The minimum atomic E-state index is -2.33. The van der Waals surface area contributed by atoms with Crippen molar-refractivity contribution in [2.24, 2.45) is 0 Å². The normalized spacial score (nSPS) is 22.8. The Morgan fingerprint density at radius 2 is 1.44 bits per heavy atom. The summed E-state index contributed by atoms with van der Waals surface area (Å²) in [5, 5.41) is 2.41. The largest absolute Gasteiger partial charge is 0.456 e. The minimum absolute atomic E-state index is 0.170. The molecule has 1 amide bonds. The number of anilines is 1. The van der Waals surface area contributed by atoms with Crippen molar-refractivity contribution in [2.45, 2.75) is 96.3 Å². The van der Waals surface area contributed by atoms with Gasteiger partial charge >= 0.3 is 24.0 Å². The van der Waals surface area contributed by atoms with Crippen molar-refractivity contribution in [1.29, 1.82) is 0 Å². The van der Waals surface area contributed by atoms with Crippen LogP contribution in [0.1, 0.15) is 46.6 Å². The molecule has 1 aliphatic rings. The number of aryl methyl sites for hydroxylation is 1. The van der Waals surface area contributed by atoms with Crippen molar-refractivity contribution < 1.29 is 57.4 Å². The molecule has 14 heteroatoms. The molecule has 0 bridgehead atoms. The average Bonchev–Trinajstić information content (AvgIpc) is 2.84. The zero-order valence-electron chi connectivity index (χ0n) is 24.8. The molecule has 1 aromatic carbocycles. The predicted octanol–water partition coefficient (Wildman–Crippen LogP) is 3.24. The molecule has 0 aromatic heterocycles. The van der Waals surface area contributed by atoms with Gasteiger partial charge in [0, 0.05) is 26.5 Å². The van der Waals surface area contributed by atoms with Crippen molar-refractivity contribution in [3.8, 4) is 0 Å². The van der Waals surface area contributed by atoms with Crippen LogP contribution in [0.15, 0.2) is 24.3 Å². The second-order valence-corrected chi connectivity index (χ2v) is 15.4. The van der Waals surface area contributed by atoms with Gasteiger partial charge in [-0.15, -0.1) is 0 Å². The number of ether oxygens (including phenoxy) is 5. The molecule has 0 saturated carbocycles. The standard InChI is InChI=1S/C27H41NO12Si/c1-16(29)36-22-21(15-35-34-6)39-25(24(38-18(3)31)23(22)37-17(2)30)40-26(32)28-20-11-9-19(10-12-20)13-14-27(4,5)41(7,8)33/h9-12,21-25,33H,13-15H2,1-8H3,(H,28,32). The van der Waals surface area contributed by atoms with Crippen molar-refractivity contribution in [3.63, 3.8) is 0 Å². The zero-order chi connectivity index (χ0) is 31.0. The predicted molar refractivity (Wildman–Crippen MR) is 147 cm³/mol. The highest BCUT2D eigenvalue weighted by molar-refractivity contribution is 6.72. The van der Waals surface area contributed by atoms with Gasteiger partial charge in [0.05, 0.1) is 7.11 Å². The number of esters is 3. The van der Waals surface area contributed by atoms with Gasteiger partial charge in [0.2, 0.25) is 12.4 Å². The lowest BCUT2D eigenvalue weighted by molar-refractivity contribution is -0.334. The molecule has 5 unspecified atom stereocenters. The number of benzene rings is 1. The van der Waals surface area contributed by atoms with Crippen molar-refractivity contribution in [3.05, 3.63) is 29.8 Å². The van der Waals surface area contributed by atoms with Crippen molar-refractivity contribution >= 4 is 38.0 Å². The van der Waals surface area contributed by atoms with E-state index in [1.54, 1.807) is 12.1 Å². The molecule has 2 N–H and O–H groups in total. The number of hydrogen-bond acceptors (Lipinski definition) is 12. The number of amides is 1. The quantitative estimate of drug-likeness (QED) is 0.119. The first-order valence-electron chi connectivity index (χ1n) is 13.2. The highest BCUT2D eigenvalue weighted by Gasteiger charge is 2.53. The molecule has 0 radical (unpaired) electrons. The maximum atomic E-state index is 12.8. The van der Waals surface area contributed by atoms with E-state index in [2.05, 4.69) is 24.1 Å². The SMILES string of the molecule is COOCC1OC(OC(=O)Nc2ccc(CCC(C)(C)[Si](C)(C)O)cc2)C(OC(C)=O)C(OC(C)=O)C1OC(C)=O. The van der Waals surface area contributed by atoms with E-state index in [0.717, 1.165) is 39.2 Å². The maximum Gasteiger partial charge on any atom is 0.414 e. The van der Waals surface area contributed by atoms with E-state index in [4.69, 9.17) is 28.6 Å². The topological polar surface area (TPSA) is 165 Å². The summed E-state index contributed by atoms with van der Waals surface area (Å²) in [6, 6.07) is 7.11. The van der Waals surface area contributed by atoms with Gasteiger partial charge in [-0.25, -0.2) is 14.6 Å². The molecule has 230 valence electrons. The Labute approximate surface area is 240 Å². The molecule has 13 nitrogen and oxygen atoms in total. The van der Waals surface area contributed by atoms with Crippen molar-refractivity contribution in [2.75, 3.05) is 19.0 Å². The summed E-state index contributed by atoms with van der Waals surface area (Å²) in [5.41, 5.74) is 1.45. The van der Waals surface area contributed by atoms with Crippen LogP contribution in [-0.4, -0.2) is 81.5 Å². The third kappa shape index (κ3) is 10.4. The highest BCUT2D eigenvalue weighted by atomic mass is 28.4. The molecule has 1 fully saturated rings. The van der Waals surface area contributed by atoms with Crippen molar-refractivity contribution in [1.82, 2.24) is 0 Å². The Morgan fingerprint density at radius 1 is 0.902 bits per heavy atom. The van der Waals surface area contributed by atoms with E-state index < -0.39 is 63.0 Å². The lowest BCUT2D eigenvalue weighted by atomic mass is 9.98. The van der Waals surface area contributed by atoms with Crippen LogP contribution in [0.2, 0.25) is 18.1 Å². The third-order valence-corrected chi connectivity index (χ3v) is 10.5. The second kappa shape index (κ2) is 14.7. The summed E-state index contributed by atoms with van der Waals surface area (Å²) in [4.78, 5) is 68.6. The Hall–Kier alpha value is -3.04. The molecule has 2 rings (SSSR count). The monoisotopic (exact) mass is 599 g/mol. The summed E-state index contributed by atoms with van der Waals surface area (Å²) < 4.78 is 27.2. The van der Waals surface area contributed by atoms with Crippen LogP contribution in [0.5, 0.6) is 0 Å². The summed E-state index contributed by atoms with van der Waals surface area (Å²) in [5.74, 6) is -2.29. The molecular weight excluding hydrogens is 558 g/mol. The van der Waals surface area contributed by atoms with Crippen LogP contribution in [0, 0.1) is 0 Å². The highest BCUT2D eigenvalue weighted by Crippen LogP contribution is 2.39. The number of carbonyl (C=O) groups is 4. The van der Waals surface area contributed by atoms with E-state index in [1.165, 1.54) is 7.11 Å². The molecule has 0 spiro atoms. The van der Waals surface area contributed by atoms with Gasteiger partial charge in [-0.1, -0.05) is 26.0 Å². The van der Waals surface area contributed by atoms with Crippen LogP contribution in [0.4, 0.5) is 10.5 Å². The summed E-state index contributed by atoms with van der Waals surface area (Å²) in [6.07, 6.45) is -6.26. The molecular formula is C27H41NO12Si. The summed E-state index contributed by atoms with van der Waals surface area (Å²) >= 11 is 0. The molecule has 0 aliphatic carbocycles. The third-order valence-electron chi connectivity index (χ3n) is 6.97. The van der Waals surface area contributed by atoms with E-state index in [0.29, 0.717) is 5.69 Å².